The van der Waals surface area contributed by atoms with Gasteiger partial charge in [0.25, 0.3) is 5.91 Å². The van der Waals surface area contributed by atoms with Gasteiger partial charge in [-0.2, -0.15) is 5.10 Å². The molecule has 0 spiro atoms. The van der Waals surface area contributed by atoms with Crippen LogP contribution in [0.3, 0.4) is 0 Å². The van der Waals surface area contributed by atoms with E-state index in [1.165, 1.54) is 18.0 Å². The van der Waals surface area contributed by atoms with Crippen molar-refractivity contribution >= 4 is 46.8 Å². The van der Waals surface area contributed by atoms with Crippen molar-refractivity contribution < 1.29 is 9.59 Å². The van der Waals surface area contributed by atoms with Gasteiger partial charge in [0.15, 0.2) is 0 Å². The molecule has 27 heavy (non-hydrogen) atoms. The van der Waals surface area contributed by atoms with Gasteiger partial charge in [0.05, 0.1) is 23.2 Å². The van der Waals surface area contributed by atoms with Crippen molar-refractivity contribution in [1.82, 2.24) is 20.6 Å². The lowest BCUT2D eigenvalue weighted by Crippen LogP contribution is -2.42. The molecule has 0 aliphatic heterocycles. The molecule has 0 fully saturated rings. The highest BCUT2D eigenvalue weighted by atomic mass is 35.5. The molecule has 0 saturated heterocycles. The quantitative estimate of drug-likeness (QED) is 0.486. The molecule has 0 bridgehead atoms. The SMILES string of the molecule is O=C(CSc1ccc(Cl)cc1)NNC(=O)c1cnn(-c2ccc(Cl)cc2)c1. The van der Waals surface area contributed by atoms with Crippen molar-refractivity contribution in [1.29, 1.82) is 0 Å². The van der Waals surface area contributed by atoms with Crippen LogP contribution in [0.25, 0.3) is 5.69 Å². The zero-order valence-electron chi connectivity index (χ0n) is 13.9. The number of thioether (sulfide) groups is 1. The van der Waals surface area contributed by atoms with Crippen molar-refractivity contribution in [2.45, 2.75) is 4.90 Å². The van der Waals surface area contributed by atoms with Crippen LogP contribution in [0.1, 0.15) is 10.4 Å². The molecular formula is C18H14Cl2N4O2S. The van der Waals surface area contributed by atoms with Crippen LogP contribution in [0.4, 0.5) is 0 Å². The predicted octanol–water partition coefficient (Wildman–Crippen LogP) is 3.73. The van der Waals surface area contributed by atoms with Crippen molar-refractivity contribution in [3.05, 3.63) is 76.5 Å². The molecule has 2 N–H and O–H groups in total. The molecular weight excluding hydrogens is 407 g/mol. The van der Waals surface area contributed by atoms with Gasteiger partial charge in [0.1, 0.15) is 0 Å². The summed E-state index contributed by atoms with van der Waals surface area (Å²) >= 11 is 13.0. The standard InChI is InChI=1S/C18H14Cl2N4O2S/c19-13-1-5-15(6-2-13)24-10-12(9-21-24)18(26)23-22-17(25)11-27-16-7-3-14(20)4-8-16/h1-10H,11H2,(H,22,25)(H,23,26). The molecule has 138 valence electrons. The minimum absolute atomic E-state index is 0.159. The van der Waals surface area contributed by atoms with E-state index in [0.717, 1.165) is 10.6 Å². The summed E-state index contributed by atoms with van der Waals surface area (Å²) in [7, 11) is 0. The average Bonchev–Trinajstić information content (AvgIpc) is 3.16. The molecule has 0 atom stereocenters. The van der Waals surface area contributed by atoms with Crippen LogP contribution in [0, 0.1) is 0 Å². The minimum Gasteiger partial charge on any atom is -0.272 e. The fourth-order valence-corrected chi connectivity index (χ4v) is 3.04. The van der Waals surface area contributed by atoms with Gasteiger partial charge in [-0.25, -0.2) is 4.68 Å². The third-order valence-electron chi connectivity index (χ3n) is 3.43. The highest BCUT2D eigenvalue weighted by molar-refractivity contribution is 8.00. The van der Waals surface area contributed by atoms with Gasteiger partial charge >= 0.3 is 0 Å². The van der Waals surface area contributed by atoms with Gasteiger partial charge in [-0.05, 0) is 48.5 Å². The van der Waals surface area contributed by atoms with Gasteiger partial charge in [0.2, 0.25) is 5.91 Å². The molecule has 0 aliphatic rings. The van der Waals surface area contributed by atoms with Crippen molar-refractivity contribution in [2.75, 3.05) is 5.75 Å². The van der Waals surface area contributed by atoms with Crippen LogP contribution in [0.5, 0.6) is 0 Å². The lowest BCUT2D eigenvalue weighted by atomic mass is 10.3. The van der Waals surface area contributed by atoms with Crippen LogP contribution in [0.15, 0.2) is 65.8 Å². The molecule has 6 nitrogen and oxygen atoms in total. The summed E-state index contributed by atoms with van der Waals surface area (Å²) in [5.41, 5.74) is 5.83. The van der Waals surface area contributed by atoms with Crippen molar-refractivity contribution in [3.8, 4) is 5.69 Å². The molecule has 0 unspecified atom stereocenters. The first kappa shape index (κ1) is 19.3. The Morgan fingerprint density at radius 1 is 0.963 bits per heavy atom. The van der Waals surface area contributed by atoms with Crippen LogP contribution < -0.4 is 10.9 Å². The number of rotatable bonds is 5. The molecule has 3 aromatic rings. The third-order valence-corrected chi connectivity index (χ3v) is 4.95. The van der Waals surface area contributed by atoms with E-state index in [-0.39, 0.29) is 11.7 Å². The molecule has 3 rings (SSSR count). The molecule has 0 saturated carbocycles. The minimum atomic E-state index is -0.458. The number of nitrogens with one attached hydrogen (secondary N) is 2. The Balaban J connectivity index is 1.49. The van der Waals surface area contributed by atoms with E-state index in [4.69, 9.17) is 23.2 Å². The predicted molar refractivity (Wildman–Crippen MR) is 106 cm³/mol. The van der Waals surface area contributed by atoms with Gasteiger partial charge in [0, 0.05) is 21.1 Å². The molecule has 1 heterocycles. The maximum atomic E-state index is 12.1. The largest absolute Gasteiger partial charge is 0.272 e. The third kappa shape index (κ3) is 5.50. The second kappa shape index (κ2) is 8.94. The van der Waals surface area contributed by atoms with Gasteiger partial charge < -0.3 is 0 Å². The number of benzene rings is 2. The van der Waals surface area contributed by atoms with Crippen LogP contribution in [-0.2, 0) is 4.79 Å². The smallest absolute Gasteiger partial charge is 0.272 e. The summed E-state index contributed by atoms with van der Waals surface area (Å²) in [5, 5.41) is 5.38. The Morgan fingerprint density at radius 3 is 2.26 bits per heavy atom. The molecule has 0 aliphatic carbocycles. The zero-order chi connectivity index (χ0) is 19.2. The first-order valence-corrected chi connectivity index (χ1v) is 9.53. The Morgan fingerprint density at radius 2 is 1.59 bits per heavy atom. The number of amides is 2. The summed E-state index contributed by atoms with van der Waals surface area (Å²) in [6.45, 7) is 0. The molecule has 2 aromatic carbocycles. The Bertz CT molecular complexity index is 943. The number of hydrogen-bond acceptors (Lipinski definition) is 4. The number of carbonyl (C=O) groups is 2. The van der Waals surface area contributed by atoms with E-state index in [1.54, 1.807) is 47.3 Å². The lowest BCUT2D eigenvalue weighted by Gasteiger charge is -2.06. The maximum Gasteiger partial charge on any atom is 0.272 e. The Hall–Kier alpha value is -2.48. The van der Waals surface area contributed by atoms with Crippen LogP contribution >= 0.6 is 35.0 Å². The Kier molecular flexibility index (Phi) is 6.39. The van der Waals surface area contributed by atoms with Crippen molar-refractivity contribution in [3.63, 3.8) is 0 Å². The van der Waals surface area contributed by atoms with Crippen LogP contribution in [0.2, 0.25) is 10.0 Å². The van der Waals surface area contributed by atoms with Gasteiger partial charge in [-0.15, -0.1) is 11.8 Å². The number of hydrazine groups is 1. The second-order valence-electron chi connectivity index (χ2n) is 5.39. The van der Waals surface area contributed by atoms with E-state index in [9.17, 15) is 9.59 Å². The first-order valence-electron chi connectivity index (χ1n) is 7.79. The summed E-state index contributed by atoms with van der Waals surface area (Å²) in [6.07, 6.45) is 2.98. The Labute approximate surface area is 169 Å². The summed E-state index contributed by atoms with van der Waals surface area (Å²) in [6, 6.07) is 14.2. The fraction of sp³-hybridized carbons (Fsp3) is 0.0556. The zero-order valence-corrected chi connectivity index (χ0v) is 16.2. The number of hydrogen-bond donors (Lipinski definition) is 2. The maximum absolute atomic E-state index is 12.1. The van der Waals surface area contributed by atoms with Crippen LogP contribution in [-0.4, -0.2) is 27.3 Å². The van der Waals surface area contributed by atoms with Crippen molar-refractivity contribution in [2.24, 2.45) is 0 Å². The van der Waals surface area contributed by atoms with Gasteiger partial charge in [-0.3, -0.25) is 20.4 Å². The normalized spacial score (nSPS) is 10.4. The lowest BCUT2D eigenvalue weighted by molar-refractivity contribution is -0.119. The number of aromatic nitrogens is 2. The summed E-state index contributed by atoms with van der Waals surface area (Å²) in [5.74, 6) is -0.625. The molecule has 9 heteroatoms. The number of carbonyl (C=O) groups excluding carboxylic acids is 2. The highest BCUT2D eigenvalue weighted by Gasteiger charge is 2.11. The molecule has 0 radical (unpaired) electrons. The number of nitrogens with zero attached hydrogens (tertiary/aromatic N) is 2. The highest BCUT2D eigenvalue weighted by Crippen LogP contribution is 2.19. The first-order chi connectivity index (χ1) is 13.0. The summed E-state index contributed by atoms with van der Waals surface area (Å²) in [4.78, 5) is 24.9. The second-order valence-corrected chi connectivity index (χ2v) is 7.32. The van der Waals surface area contributed by atoms with Gasteiger partial charge in [-0.1, -0.05) is 23.2 Å². The average molecular weight is 421 g/mol. The van der Waals surface area contributed by atoms with E-state index < -0.39 is 5.91 Å². The molecule has 2 amide bonds. The monoisotopic (exact) mass is 420 g/mol. The molecule has 1 aromatic heterocycles. The number of halogens is 2. The van der Waals surface area contributed by atoms with E-state index in [0.29, 0.717) is 15.6 Å². The van der Waals surface area contributed by atoms with E-state index in [2.05, 4.69) is 16.0 Å². The van der Waals surface area contributed by atoms with E-state index >= 15 is 0 Å². The van der Waals surface area contributed by atoms with E-state index in [1.807, 2.05) is 12.1 Å². The fourth-order valence-electron chi connectivity index (χ4n) is 2.09. The topological polar surface area (TPSA) is 76.0 Å². The summed E-state index contributed by atoms with van der Waals surface area (Å²) < 4.78 is 1.55.